The second kappa shape index (κ2) is 10.9. The molecule has 1 unspecified atom stereocenters. The van der Waals surface area contributed by atoms with Gasteiger partial charge in [0.15, 0.2) is 5.96 Å². The molecule has 0 aromatic rings. The molecule has 0 aliphatic carbocycles. The first-order valence-electron chi connectivity index (χ1n) is 8.57. The predicted molar refractivity (Wildman–Crippen MR) is 101 cm³/mol. The van der Waals surface area contributed by atoms with E-state index in [9.17, 15) is 8.42 Å². The number of hydrogen-bond donors (Lipinski definition) is 2. The Morgan fingerprint density at radius 2 is 1.88 bits per heavy atom. The number of methoxy groups -OCH3 is 1. The van der Waals surface area contributed by atoms with Crippen molar-refractivity contribution >= 4 is 16.0 Å². The summed E-state index contributed by atoms with van der Waals surface area (Å²) in [6, 6.07) is 0. The summed E-state index contributed by atoms with van der Waals surface area (Å²) in [4.78, 5) is 4.57. The van der Waals surface area contributed by atoms with E-state index < -0.39 is 10.0 Å². The highest BCUT2D eigenvalue weighted by molar-refractivity contribution is 7.89. The van der Waals surface area contributed by atoms with Gasteiger partial charge in [0.25, 0.3) is 0 Å². The van der Waals surface area contributed by atoms with E-state index in [1.165, 1.54) is 4.31 Å². The Balaban J connectivity index is 4.46. The van der Waals surface area contributed by atoms with E-state index in [0.717, 1.165) is 12.5 Å². The minimum absolute atomic E-state index is 0.0206. The molecule has 0 rings (SSSR count). The molecule has 0 amide bonds. The Morgan fingerprint density at radius 3 is 2.33 bits per heavy atom. The van der Waals surface area contributed by atoms with Crippen LogP contribution in [0.25, 0.3) is 0 Å². The highest BCUT2D eigenvalue weighted by Crippen LogP contribution is 2.21. The fourth-order valence-corrected chi connectivity index (χ4v) is 2.93. The van der Waals surface area contributed by atoms with E-state index in [1.54, 1.807) is 21.1 Å². The van der Waals surface area contributed by atoms with Crippen molar-refractivity contribution in [3.8, 4) is 0 Å². The van der Waals surface area contributed by atoms with Crippen molar-refractivity contribution in [2.24, 2.45) is 10.4 Å². The van der Waals surface area contributed by atoms with Crippen LogP contribution in [0.2, 0.25) is 0 Å². The van der Waals surface area contributed by atoms with Crippen LogP contribution in [0.3, 0.4) is 0 Å². The fourth-order valence-electron chi connectivity index (χ4n) is 2.09. The fraction of sp³-hybridized carbons (Fsp3) is 0.938. The molecule has 0 aromatic heterocycles. The maximum Gasteiger partial charge on any atom is 0.213 e. The molecule has 0 radical (unpaired) electrons. The summed E-state index contributed by atoms with van der Waals surface area (Å²) in [6.07, 6.45) is 0.751. The first-order valence-corrected chi connectivity index (χ1v) is 10.2. The van der Waals surface area contributed by atoms with Crippen LogP contribution in [-0.4, -0.2) is 70.9 Å². The molecule has 2 N–H and O–H groups in total. The van der Waals surface area contributed by atoms with Crippen molar-refractivity contribution in [3.05, 3.63) is 0 Å². The lowest BCUT2D eigenvalue weighted by Gasteiger charge is -2.28. The van der Waals surface area contributed by atoms with Gasteiger partial charge in [-0.1, -0.05) is 20.8 Å². The molecule has 0 aliphatic rings. The highest BCUT2D eigenvalue weighted by atomic mass is 32.2. The number of rotatable bonds is 10. The first-order chi connectivity index (χ1) is 11.1. The summed E-state index contributed by atoms with van der Waals surface area (Å²) in [6.45, 7) is 12.5. The van der Waals surface area contributed by atoms with Gasteiger partial charge < -0.3 is 15.4 Å². The molecule has 0 spiro atoms. The number of nitrogens with zero attached hydrogens (tertiary/aromatic N) is 2. The normalized spacial score (nSPS) is 14.8. The number of hydrogen-bond acceptors (Lipinski definition) is 4. The molecular weight excluding hydrogens is 328 g/mol. The number of guanidine groups is 1. The number of aliphatic imine (C=N–C) groups is 1. The lowest BCUT2D eigenvalue weighted by molar-refractivity contribution is 0.0241. The Hall–Kier alpha value is -0.860. The quantitative estimate of drug-likeness (QED) is 0.347. The van der Waals surface area contributed by atoms with Crippen molar-refractivity contribution in [2.75, 3.05) is 46.1 Å². The number of ether oxygens (including phenoxy) is 1. The van der Waals surface area contributed by atoms with Crippen LogP contribution in [0.15, 0.2) is 4.99 Å². The van der Waals surface area contributed by atoms with E-state index in [-0.39, 0.29) is 17.3 Å². The molecule has 0 bridgehead atoms. The molecule has 0 aliphatic heterocycles. The zero-order chi connectivity index (χ0) is 18.8. The van der Waals surface area contributed by atoms with Gasteiger partial charge in [0.2, 0.25) is 10.0 Å². The Bertz CT molecular complexity index is 472. The second-order valence-corrected chi connectivity index (χ2v) is 9.18. The van der Waals surface area contributed by atoms with Gasteiger partial charge in [0.1, 0.15) is 0 Å². The Morgan fingerprint density at radius 1 is 1.25 bits per heavy atom. The summed E-state index contributed by atoms with van der Waals surface area (Å²) in [5.74, 6) is 0.858. The maximum absolute atomic E-state index is 11.7. The zero-order valence-corrected chi connectivity index (χ0v) is 17.2. The van der Waals surface area contributed by atoms with Crippen LogP contribution >= 0.6 is 0 Å². The second-order valence-electron chi connectivity index (χ2n) is 6.81. The zero-order valence-electron chi connectivity index (χ0n) is 16.3. The van der Waals surface area contributed by atoms with Gasteiger partial charge in [-0.05, 0) is 25.7 Å². The van der Waals surface area contributed by atoms with Crippen LogP contribution in [0, 0.1) is 5.41 Å². The molecule has 24 heavy (non-hydrogen) atoms. The highest BCUT2D eigenvalue weighted by Gasteiger charge is 2.24. The topological polar surface area (TPSA) is 83.0 Å². The van der Waals surface area contributed by atoms with E-state index in [2.05, 4.69) is 36.4 Å². The van der Waals surface area contributed by atoms with Gasteiger partial charge in [-0.2, -0.15) is 0 Å². The predicted octanol–water partition coefficient (Wildman–Crippen LogP) is 1.27. The molecule has 1 atom stereocenters. The van der Waals surface area contributed by atoms with E-state index in [0.29, 0.717) is 26.1 Å². The van der Waals surface area contributed by atoms with E-state index in [4.69, 9.17) is 4.74 Å². The molecular formula is C16H36N4O3S. The molecule has 0 saturated carbocycles. The lowest BCUT2D eigenvalue weighted by Crippen LogP contribution is -2.40. The third-order valence-electron chi connectivity index (χ3n) is 3.79. The SMILES string of the molecule is CCNC(=NCC(OC)C(C)(C)C)NCCCN(C)S(=O)(=O)CC. The van der Waals surface area contributed by atoms with Crippen LogP contribution in [0.5, 0.6) is 0 Å². The average Bonchev–Trinajstić information content (AvgIpc) is 2.50. The Kier molecular flexibility index (Phi) is 10.5. The molecule has 0 aromatic carbocycles. The van der Waals surface area contributed by atoms with Crippen molar-refractivity contribution in [1.29, 1.82) is 0 Å². The third kappa shape index (κ3) is 8.84. The molecule has 144 valence electrons. The molecule has 0 heterocycles. The summed E-state index contributed by atoms with van der Waals surface area (Å²) < 4.78 is 30.3. The van der Waals surface area contributed by atoms with Crippen molar-refractivity contribution < 1.29 is 13.2 Å². The van der Waals surface area contributed by atoms with Gasteiger partial charge in [0.05, 0.1) is 18.4 Å². The summed E-state index contributed by atoms with van der Waals surface area (Å²) >= 11 is 0. The van der Waals surface area contributed by atoms with Crippen molar-refractivity contribution in [3.63, 3.8) is 0 Å². The first kappa shape index (κ1) is 23.1. The van der Waals surface area contributed by atoms with Crippen molar-refractivity contribution in [1.82, 2.24) is 14.9 Å². The minimum atomic E-state index is -3.11. The lowest BCUT2D eigenvalue weighted by atomic mass is 9.89. The summed E-state index contributed by atoms with van der Waals surface area (Å²) in [5.41, 5.74) is 0.0206. The van der Waals surface area contributed by atoms with Gasteiger partial charge in [-0.15, -0.1) is 0 Å². The van der Waals surface area contributed by atoms with E-state index >= 15 is 0 Å². The number of sulfonamides is 1. The van der Waals surface area contributed by atoms with E-state index in [1.807, 2.05) is 6.92 Å². The average molecular weight is 365 g/mol. The smallest absolute Gasteiger partial charge is 0.213 e. The molecule has 0 fully saturated rings. The van der Waals surface area contributed by atoms with Gasteiger partial charge in [-0.3, -0.25) is 4.99 Å². The third-order valence-corrected chi connectivity index (χ3v) is 5.65. The monoisotopic (exact) mass is 364 g/mol. The standard InChI is InChI=1S/C16H36N4O3S/c1-8-17-15(19-13-14(23-7)16(3,4)5)18-11-10-12-20(6)24(21,22)9-2/h14H,8-13H2,1-7H3,(H2,17,18,19). The summed E-state index contributed by atoms with van der Waals surface area (Å²) in [7, 11) is 0.213. The molecule has 0 saturated heterocycles. The molecule has 7 nitrogen and oxygen atoms in total. The number of nitrogens with one attached hydrogen (secondary N) is 2. The van der Waals surface area contributed by atoms with Crippen molar-refractivity contribution in [2.45, 2.75) is 47.1 Å². The molecule has 8 heteroatoms. The summed E-state index contributed by atoms with van der Waals surface area (Å²) in [5, 5.41) is 6.43. The van der Waals surface area contributed by atoms with Gasteiger partial charge in [-0.25, -0.2) is 12.7 Å². The van der Waals surface area contributed by atoms with Crippen LogP contribution in [-0.2, 0) is 14.8 Å². The van der Waals surface area contributed by atoms with Crippen LogP contribution in [0.4, 0.5) is 0 Å². The Labute approximate surface area is 148 Å². The van der Waals surface area contributed by atoms with Crippen LogP contribution < -0.4 is 10.6 Å². The van der Waals surface area contributed by atoms with Gasteiger partial charge >= 0.3 is 0 Å². The minimum Gasteiger partial charge on any atom is -0.379 e. The van der Waals surface area contributed by atoms with Gasteiger partial charge in [0, 0.05) is 33.8 Å². The van der Waals surface area contributed by atoms with Crippen LogP contribution in [0.1, 0.15) is 41.0 Å². The maximum atomic E-state index is 11.7. The largest absolute Gasteiger partial charge is 0.379 e.